The average molecular weight is 335 g/mol. The maximum atomic E-state index is 11.8. The highest BCUT2D eigenvalue weighted by Crippen LogP contribution is 2.41. The number of rotatable bonds is 6. The van der Waals surface area contributed by atoms with Crippen LogP contribution in [0.3, 0.4) is 0 Å². The molecule has 0 saturated heterocycles. The maximum absolute atomic E-state index is 11.8. The van der Waals surface area contributed by atoms with E-state index in [9.17, 15) is 9.59 Å². The largest absolute Gasteiger partial charge is 0.466 e. The Morgan fingerprint density at radius 1 is 1.22 bits per heavy atom. The first kappa shape index (κ1) is 17.4. The first-order chi connectivity index (χ1) is 11.1. The fourth-order valence-corrected chi connectivity index (χ4v) is 3.46. The number of carbonyl (C=O) groups is 2. The second kappa shape index (κ2) is 8.62. The molecule has 0 aromatic heterocycles. The molecule has 1 heterocycles. The Balaban J connectivity index is 2.14. The molecule has 5 nitrogen and oxygen atoms in total. The van der Waals surface area contributed by atoms with Gasteiger partial charge in [0.05, 0.1) is 24.2 Å². The van der Waals surface area contributed by atoms with Crippen LogP contribution in [0.15, 0.2) is 40.9 Å². The van der Waals surface area contributed by atoms with Crippen LogP contribution in [0.1, 0.15) is 26.7 Å². The number of thioether (sulfide) groups is 1. The van der Waals surface area contributed by atoms with Gasteiger partial charge in [-0.2, -0.15) is 0 Å². The van der Waals surface area contributed by atoms with Crippen molar-refractivity contribution in [1.82, 2.24) is 0 Å². The molecule has 23 heavy (non-hydrogen) atoms. The van der Waals surface area contributed by atoms with Crippen molar-refractivity contribution in [3.63, 3.8) is 0 Å². The number of esters is 2. The molecule has 124 valence electrons. The quantitative estimate of drug-likeness (QED) is 0.635. The van der Waals surface area contributed by atoms with Gasteiger partial charge in [0.25, 0.3) is 0 Å². The molecule has 1 aliphatic heterocycles. The summed E-state index contributed by atoms with van der Waals surface area (Å²) in [6.07, 6.45) is 2.38. The minimum atomic E-state index is -0.379. The van der Waals surface area contributed by atoms with Crippen molar-refractivity contribution in [2.75, 3.05) is 18.5 Å². The second-order valence-corrected chi connectivity index (χ2v) is 6.17. The van der Waals surface area contributed by atoms with Crippen LogP contribution in [-0.2, 0) is 19.1 Å². The molecule has 1 aromatic carbocycles. The highest BCUT2D eigenvalue weighted by atomic mass is 32.2. The molecule has 1 aromatic rings. The van der Waals surface area contributed by atoms with Crippen molar-refractivity contribution in [2.45, 2.75) is 36.8 Å². The molecule has 0 bridgehead atoms. The fourth-order valence-electron chi connectivity index (χ4n) is 2.26. The molecular weight excluding hydrogens is 314 g/mol. The first-order valence-electron chi connectivity index (χ1n) is 7.70. The minimum Gasteiger partial charge on any atom is -0.466 e. The normalized spacial score (nSPS) is 18.0. The van der Waals surface area contributed by atoms with Gasteiger partial charge in [0.15, 0.2) is 0 Å². The SMILES string of the molecule is CCOC(=O)/C=C1/Nc2ccccc2SC1CCC(=O)OCC. The first-order valence-corrected chi connectivity index (χ1v) is 8.58. The lowest BCUT2D eigenvalue weighted by Gasteiger charge is -2.28. The van der Waals surface area contributed by atoms with E-state index in [0.717, 1.165) is 16.3 Å². The summed E-state index contributed by atoms with van der Waals surface area (Å²) in [6, 6.07) is 7.89. The van der Waals surface area contributed by atoms with Gasteiger partial charge in [-0.1, -0.05) is 12.1 Å². The van der Waals surface area contributed by atoms with Crippen LogP contribution in [0.2, 0.25) is 0 Å². The molecule has 2 rings (SSSR count). The Morgan fingerprint density at radius 2 is 1.96 bits per heavy atom. The summed E-state index contributed by atoms with van der Waals surface area (Å²) in [4.78, 5) is 24.5. The molecule has 0 fully saturated rings. The van der Waals surface area contributed by atoms with Crippen LogP contribution in [-0.4, -0.2) is 30.4 Å². The third-order valence-corrected chi connectivity index (χ3v) is 4.64. The van der Waals surface area contributed by atoms with Crippen LogP contribution >= 0.6 is 11.8 Å². The molecule has 1 unspecified atom stereocenters. The van der Waals surface area contributed by atoms with Gasteiger partial charge in [-0.15, -0.1) is 11.8 Å². The van der Waals surface area contributed by atoms with E-state index in [-0.39, 0.29) is 17.2 Å². The number of anilines is 1. The van der Waals surface area contributed by atoms with Gasteiger partial charge in [-0.05, 0) is 32.4 Å². The van der Waals surface area contributed by atoms with E-state index in [4.69, 9.17) is 9.47 Å². The smallest absolute Gasteiger partial charge is 0.332 e. The Bertz CT molecular complexity index is 600. The van der Waals surface area contributed by atoms with E-state index in [2.05, 4.69) is 5.32 Å². The summed E-state index contributed by atoms with van der Waals surface area (Å²) in [7, 11) is 0. The third kappa shape index (κ3) is 5.03. The number of hydrogen-bond donors (Lipinski definition) is 1. The zero-order valence-corrected chi connectivity index (χ0v) is 14.2. The highest BCUT2D eigenvalue weighted by Gasteiger charge is 2.25. The molecule has 0 aliphatic carbocycles. The van der Waals surface area contributed by atoms with Crippen molar-refractivity contribution >= 4 is 29.4 Å². The summed E-state index contributed by atoms with van der Waals surface area (Å²) >= 11 is 1.64. The van der Waals surface area contributed by atoms with Crippen molar-refractivity contribution < 1.29 is 19.1 Å². The van der Waals surface area contributed by atoms with Gasteiger partial charge in [0, 0.05) is 23.1 Å². The number of nitrogens with one attached hydrogen (secondary N) is 1. The Morgan fingerprint density at radius 3 is 2.70 bits per heavy atom. The van der Waals surface area contributed by atoms with Crippen molar-refractivity contribution in [3.8, 4) is 0 Å². The average Bonchev–Trinajstić information content (AvgIpc) is 2.53. The molecule has 0 radical (unpaired) electrons. The lowest BCUT2D eigenvalue weighted by molar-refractivity contribution is -0.143. The summed E-state index contributed by atoms with van der Waals surface area (Å²) in [5, 5.41) is 3.26. The number of ether oxygens (including phenoxy) is 2. The zero-order chi connectivity index (χ0) is 16.7. The summed E-state index contributed by atoms with van der Waals surface area (Å²) in [6.45, 7) is 4.27. The van der Waals surface area contributed by atoms with Gasteiger partial charge in [-0.25, -0.2) is 4.79 Å². The van der Waals surface area contributed by atoms with Crippen LogP contribution in [0.4, 0.5) is 5.69 Å². The van der Waals surface area contributed by atoms with Gasteiger partial charge in [-0.3, -0.25) is 4.79 Å². The fraction of sp³-hybridized carbons (Fsp3) is 0.412. The number of hydrogen-bond acceptors (Lipinski definition) is 6. The van der Waals surface area contributed by atoms with Crippen LogP contribution in [0.5, 0.6) is 0 Å². The van der Waals surface area contributed by atoms with Crippen molar-refractivity contribution in [3.05, 3.63) is 36.0 Å². The number of carbonyl (C=O) groups excluding carboxylic acids is 2. The number of benzene rings is 1. The third-order valence-electron chi connectivity index (χ3n) is 3.26. The standard InChI is InChI=1S/C17H21NO4S/c1-3-21-16(19)10-9-15-13(11-17(20)22-4-2)18-12-7-5-6-8-14(12)23-15/h5-8,11,15,18H,3-4,9-10H2,1-2H3/b13-11+. The Hall–Kier alpha value is -1.95. The van der Waals surface area contributed by atoms with E-state index in [1.807, 2.05) is 24.3 Å². The molecular formula is C17H21NO4S. The van der Waals surface area contributed by atoms with Gasteiger partial charge >= 0.3 is 11.9 Å². The predicted octanol–water partition coefficient (Wildman–Crippen LogP) is 3.36. The van der Waals surface area contributed by atoms with Gasteiger partial charge in [0.2, 0.25) is 0 Å². The van der Waals surface area contributed by atoms with E-state index in [1.165, 1.54) is 6.08 Å². The summed E-state index contributed by atoms with van der Waals surface area (Å²) in [5.74, 6) is -0.599. The van der Waals surface area contributed by atoms with Crippen LogP contribution < -0.4 is 5.32 Å². The molecule has 0 saturated carbocycles. The maximum Gasteiger partial charge on any atom is 0.332 e. The van der Waals surface area contributed by atoms with Crippen molar-refractivity contribution in [2.24, 2.45) is 0 Å². The molecule has 1 atom stereocenters. The minimum absolute atomic E-state index is 0.0151. The molecule has 0 spiro atoms. The summed E-state index contributed by atoms with van der Waals surface area (Å²) < 4.78 is 9.97. The number of fused-ring (bicyclic) bond motifs is 1. The molecule has 1 aliphatic rings. The van der Waals surface area contributed by atoms with Gasteiger partial charge in [0.1, 0.15) is 0 Å². The molecule has 6 heteroatoms. The predicted molar refractivity (Wildman–Crippen MR) is 90.3 cm³/mol. The lowest BCUT2D eigenvalue weighted by Crippen LogP contribution is -2.22. The Kier molecular flexibility index (Phi) is 6.52. The van der Waals surface area contributed by atoms with Crippen molar-refractivity contribution in [1.29, 1.82) is 0 Å². The number of para-hydroxylation sites is 1. The second-order valence-electron chi connectivity index (χ2n) is 4.92. The topological polar surface area (TPSA) is 64.6 Å². The zero-order valence-electron chi connectivity index (χ0n) is 13.3. The Labute approximate surface area is 140 Å². The van der Waals surface area contributed by atoms with E-state index in [0.29, 0.717) is 26.1 Å². The van der Waals surface area contributed by atoms with E-state index in [1.54, 1.807) is 25.6 Å². The molecule has 1 N–H and O–H groups in total. The van der Waals surface area contributed by atoms with E-state index < -0.39 is 0 Å². The van der Waals surface area contributed by atoms with E-state index >= 15 is 0 Å². The molecule has 0 amide bonds. The van der Waals surface area contributed by atoms with Gasteiger partial charge < -0.3 is 14.8 Å². The highest BCUT2D eigenvalue weighted by molar-refractivity contribution is 8.00. The van der Waals surface area contributed by atoms with Crippen LogP contribution in [0, 0.1) is 0 Å². The lowest BCUT2D eigenvalue weighted by atomic mass is 10.1. The summed E-state index contributed by atoms with van der Waals surface area (Å²) in [5.41, 5.74) is 1.72. The monoisotopic (exact) mass is 335 g/mol. The van der Waals surface area contributed by atoms with Crippen LogP contribution in [0.25, 0.3) is 0 Å².